The summed E-state index contributed by atoms with van der Waals surface area (Å²) in [5.41, 5.74) is 4.14. The number of benzene rings is 3. The maximum absolute atomic E-state index is 6.44. The van der Waals surface area contributed by atoms with Gasteiger partial charge in [0.2, 0.25) is 5.16 Å². The minimum Gasteiger partial charge on any atom is -0.487 e. The van der Waals surface area contributed by atoms with Crippen LogP contribution in [0.4, 0.5) is 0 Å². The molecule has 170 valence electrons. The van der Waals surface area contributed by atoms with Crippen LogP contribution < -0.4 is 10.1 Å². The van der Waals surface area contributed by atoms with Gasteiger partial charge in [-0.05, 0) is 47.2 Å². The number of aromatic nitrogens is 4. The zero-order chi connectivity index (χ0) is 23.0. The first-order valence-corrected chi connectivity index (χ1v) is 12.2. The number of hydrogen-bond donors (Lipinski definition) is 1. The van der Waals surface area contributed by atoms with Crippen molar-refractivity contribution in [1.29, 1.82) is 0 Å². The van der Waals surface area contributed by atoms with Crippen LogP contribution in [0.15, 0.2) is 71.9 Å². The number of nitrogens with zero attached hydrogens (tertiary/aromatic N) is 4. The first kappa shape index (κ1) is 23.6. The van der Waals surface area contributed by atoms with E-state index in [2.05, 4.69) is 52.0 Å². The first-order chi connectivity index (χ1) is 16.1. The van der Waals surface area contributed by atoms with Gasteiger partial charge in [-0.25, -0.2) is 0 Å². The van der Waals surface area contributed by atoms with Crippen LogP contribution in [0.2, 0.25) is 10.0 Å². The van der Waals surface area contributed by atoms with E-state index in [9.17, 15) is 0 Å². The van der Waals surface area contributed by atoms with Gasteiger partial charge in [-0.2, -0.15) is 4.68 Å². The predicted molar refractivity (Wildman–Crippen MR) is 134 cm³/mol. The molecule has 6 nitrogen and oxygen atoms in total. The van der Waals surface area contributed by atoms with Gasteiger partial charge in [0.15, 0.2) is 0 Å². The quantitative estimate of drug-likeness (QED) is 0.221. The summed E-state index contributed by atoms with van der Waals surface area (Å²) in [6, 6.07) is 21.7. The van der Waals surface area contributed by atoms with Gasteiger partial charge in [0.05, 0.1) is 10.7 Å². The molecule has 1 N–H and O–H groups in total. The lowest BCUT2D eigenvalue weighted by atomic mass is 10.1. The van der Waals surface area contributed by atoms with Gasteiger partial charge in [-0.15, -0.1) is 5.10 Å². The summed E-state index contributed by atoms with van der Waals surface area (Å²) in [6.45, 7) is 3.82. The molecule has 4 aromatic rings. The van der Waals surface area contributed by atoms with Crippen LogP contribution in [0, 0.1) is 6.92 Å². The second-order valence-electron chi connectivity index (χ2n) is 7.38. The summed E-state index contributed by atoms with van der Waals surface area (Å²) in [6.07, 6.45) is 0. The molecule has 0 saturated carbocycles. The molecule has 0 fully saturated rings. The van der Waals surface area contributed by atoms with E-state index in [1.54, 1.807) is 22.5 Å². The normalized spacial score (nSPS) is 11.0. The molecule has 0 aliphatic heterocycles. The number of para-hydroxylation sites is 1. The van der Waals surface area contributed by atoms with E-state index in [0.29, 0.717) is 28.9 Å². The van der Waals surface area contributed by atoms with Gasteiger partial charge in [-0.3, -0.25) is 0 Å². The van der Waals surface area contributed by atoms with E-state index in [-0.39, 0.29) is 0 Å². The molecule has 0 saturated heterocycles. The van der Waals surface area contributed by atoms with Crippen LogP contribution in [-0.2, 0) is 13.2 Å². The number of tetrazole rings is 1. The third-order valence-corrected chi connectivity index (χ3v) is 6.28. The second-order valence-corrected chi connectivity index (χ2v) is 9.29. The molecule has 0 atom stereocenters. The second kappa shape index (κ2) is 11.5. The van der Waals surface area contributed by atoms with Crippen molar-refractivity contribution in [2.45, 2.75) is 25.2 Å². The minimum atomic E-state index is 0.437. The predicted octanol–water partition coefficient (Wildman–Crippen LogP) is 5.74. The molecule has 0 spiro atoms. The Kier molecular flexibility index (Phi) is 8.23. The maximum atomic E-state index is 6.44. The van der Waals surface area contributed by atoms with Crippen LogP contribution in [0.25, 0.3) is 5.69 Å². The molecular formula is C24H23Cl2N5OS. The average Bonchev–Trinajstić information content (AvgIpc) is 3.28. The summed E-state index contributed by atoms with van der Waals surface area (Å²) >= 11 is 14.3. The SMILES string of the molecule is Cc1ccc(COc2c(Cl)cc(Cl)cc2CNCCSc2nnnn2-c2ccccc2)cc1. The summed E-state index contributed by atoms with van der Waals surface area (Å²) in [4.78, 5) is 0. The van der Waals surface area contributed by atoms with Gasteiger partial charge >= 0.3 is 0 Å². The Morgan fingerprint density at radius 2 is 1.82 bits per heavy atom. The van der Waals surface area contributed by atoms with Crippen LogP contribution in [-0.4, -0.2) is 32.5 Å². The van der Waals surface area contributed by atoms with E-state index in [1.165, 1.54) is 5.56 Å². The first-order valence-electron chi connectivity index (χ1n) is 10.4. The molecule has 1 heterocycles. The number of thioether (sulfide) groups is 1. The lowest BCUT2D eigenvalue weighted by Crippen LogP contribution is -2.17. The lowest BCUT2D eigenvalue weighted by molar-refractivity contribution is 0.302. The summed E-state index contributed by atoms with van der Waals surface area (Å²) in [5.74, 6) is 1.44. The number of aryl methyl sites for hydroxylation is 1. The number of nitrogens with one attached hydrogen (secondary N) is 1. The highest BCUT2D eigenvalue weighted by Gasteiger charge is 2.12. The molecule has 0 aliphatic carbocycles. The van der Waals surface area contributed by atoms with E-state index >= 15 is 0 Å². The van der Waals surface area contributed by atoms with Gasteiger partial charge in [0.1, 0.15) is 12.4 Å². The number of rotatable bonds is 10. The molecule has 1 aromatic heterocycles. The minimum absolute atomic E-state index is 0.437. The van der Waals surface area contributed by atoms with Crippen LogP contribution >= 0.6 is 35.0 Å². The standard InChI is InChI=1S/C24H23Cl2N5OS/c1-17-7-9-18(10-8-17)16-32-23-19(13-20(25)14-22(23)26)15-27-11-12-33-24-28-29-30-31(24)21-5-3-2-4-6-21/h2-10,13-14,27H,11-12,15-16H2,1H3. The molecule has 33 heavy (non-hydrogen) atoms. The van der Waals surface area contributed by atoms with E-state index < -0.39 is 0 Å². The Labute approximate surface area is 207 Å². The molecule has 9 heteroatoms. The third-order valence-electron chi connectivity index (χ3n) is 4.86. The van der Waals surface area contributed by atoms with E-state index in [1.807, 2.05) is 36.4 Å². The molecule has 0 radical (unpaired) electrons. The molecule has 0 aliphatic rings. The van der Waals surface area contributed by atoms with Crippen molar-refractivity contribution in [3.63, 3.8) is 0 Å². The van der Waals surface area contributed by atoms with E-state index in [0.717, 1.165) is 34.3 Å². The molecular weight excluding hydrogens is 477 g/mol. The van der Waals surface area contributed by atoms with Gasteiger partial charge in [0.25, 0.3) is 0 Å². The van der Waals surface area contributed by atoms with Gasteiger partial charge < -0.3 is 10.1 Å². The van der Waals surface area contributed by atoms with Crippen molar-refractivity contribution in [2.24, 2.45) is 0 Å². The van der Waals surface area contributed by atoms with Crippen LogP contribution in [0.5, 0.6) is 5.75 Å². The Balaban J connectivity index is 1.32. The van der Waals surface area contributed by atoms with Crippen molar-refractivity contribution < 1.29 is 4.74 Å². The molecule has 0 bridgehead atoms. The smallest absolute Gasteiger partial charge is 0.214 e. The lowest BCUT2D eigenvalue weighted by Gasteiger charge is -2.15. The average molecular weight is 500 g/mol. The van der Waals surface area contributed by atoms with Crippen molar-refractivity contribution in [3.05, 3.63) is 93.5 Å². The highest BCUT2D eigenvalue weighted by atomic mass is 35.5. The van der Waals surface area contributed by atoms with Gasteiger partial charge in [-0.1, -0.05) is 83.0 Å². The molecule has 0 amide bonds. The molecule has 0 unspecified atom stereocenters. The summed E-state index contributed by atoms with van der Waals surface area (Å²) in [5, 5.41) is 17.3. The van der Waals surface area contributed by atoms with Gasteiger partial charge in [0, 0.05) is 29.4 Å². The topological polar surface area (TPSA) is 64.9 Å². The summed E-state index contributed by atoms with van der Waals surface area (Å²) in [7, 11) is 0. The van der Waals surface area contributed by atoms with Crippen LogP contribution in [0.1, 0.15) is 16.7 Å². The number of hydrogen-bond acceptors (Lipinski definition) is 6. The van der Waals surface area contributed by atoms with Crippen LogP contribution in [0.3, 0.4) is 0 Å². The number of ether oxygens (including phenoxy) is 1. The van der Waals surface area contributed by atoms with Crippen molar-refractivity contribution in [3.8, 4) is 11.4 Å². The molecule has 3 aromatic carbocycles. The van der Waals surface area contributed by atoms with Crippen molar-refractivity contribution in [1.82, 2.24) is 25.5 Å². The highest BCUT2D eigenvalue weighted by molar-refractivity contribution is 7.99. The maximum Gasteiger partial charge on any atom is 0.214 e. The Morgan fingerprint density at radius 3 is 2.61 bits per heavy atom. The largest absolute Gasteiger partial charge is 0.487 e. The fourth-order valence-corrected chi connectivity index (χ4v) is 4.56. The Morgan fingerprint density at radius 1 is 1.03 bits per heavy atom. The van der Waals surface area contributed by atoms with Crippen molar-refractivity contribution in [2.75, 3.05) is 12.3 Å². The number of halogens is 2. The monoisotopic (exact) mass is 499 g/mol. The Hall–Kier alpha value is -2.58. The van der Waals surface area contributed by atoms with E-state index in [4.69, 9.17) is 27.9 Å². The third kappa shape index (κ3) is 6.48. The molecule has 4 rings (SSSR count). The van der Waals surface area contributed by atoms with Crippen molar-refractivity contribution >= 4 is 35.0 Å². The fourth-order valence-electron chi connectivity index (χ4n) is 3.18. The zero-order valence-electron chi connectivity index (χ0n) is 18.0. The zero-order valence-corrected chi connectivity index (χ0v) is 20.4. The summed E-state index contributed by atoms with van der Waals surface area (Å²) < 4.78 is 7.80. The highest BCUT2D eigenvalue weighted by Crippen LogP contribution is 2.33. The fraction of sp³-hybridized carbons (Fsp3) is 0.208. The Bertz CT molecular complexity index is 1190.